The summed E-state index contributed by atoms with van der Waals surface area (Å²) in [5, 5.41) is 3.08. The van der Waals surface area contributed by atoms with Gasteiger partial charge in [-0.25, -0.2) is 0 Å². The Morgan fingerprint density at radius 1 is 1.25 bits per heavy atom. The smallest absolute Gasteiger partial charge is 0.176 e. The number of aryl methyl sites for hydroxylation is 2. The molecular weight excluding hydrogens is 198 g/mol. The Balaban J connectivity index is 2.13. The highest BCUT2D eigenvalue weighted by Gasteiger charge is 2.12. The van der Waals surface area contributed by atoms with Gasteiger partial charge in [-0.1, -0.05) is 19.1 Å². The third kappa shape index (κ3) is 2.50. The van der Waals surface area contributed by atoms with Gasteiger partial charge in [0.15, 0.2) is 5.78 Å². The number of nitrogens with one attached hydrogen (secondary N) is 1. The standard InChI is InChI=1S/C14H19NO/c1-2-15-10-14(16)13-8-7-11-5-3-4-6-12(11)9-13/h7-9,15H,2-6,10H2,1H3. The molecule has 0 aliphatic heterocycles. The van der Waals surface area contributed by atoms with Crippen molar-refractivity contribution in [2.75, 3.05) is 13.1 Å². The van der Waals surface area contributed by atoms with Crippen LogP contribution in [-0.4, -0.2) is 18.9 Å². The van der Waals surface area contributed by atoms with Crippen LogP contribution in [0.25, 0.3) is 0 Å². The highest BCUT2D eigenvalue weighted by molar-refractivity contribution is 5.97. The van der Waals surface area contributed by atoms with Gasteiger partial charge in [-0.15, -0.1) is 0 Å². The normalized spacial score (nSPS) is 14.6. The van der Waals surface area contributed by atoms with E-state index in [0.29, 0.717) is 6.54 Å². The van der Waals surface area contributed by atoms with Crippen molar-refractivity contribution < 1.29 is 4.79 Å². The molecule has 1 aliphatic carbocycles. The fourth-order valence-electron chi connectivity index (χ4n) is 2.25. The molecule has 0 fully saturated rings. The van der Waals surface area contributed by atoms with E-state index in [0.717, 1.165) is 18.5 Å². The quantitative estimate of drug-likeness (QED) is 0.784. The van der Waals surface area contributed by atoms with Crippen LogP contribution in [0.1, 0.15) is 41.3 Å². The lowest BCUT2D eigenvalue weighted by atomic mass is 9.90. The van der Waals surface area contributed by atoms with Crippen LogP contribution in [0.15, 0.2) is 18.2 Å². The summed E-state index contributed by atoms with van der Waals surface area (Å²) < 4.78 is 0. The second-order valence-corrected chi connectivity index (χ2v) is 4.39. The van der Waals surface area contributed by atoms with Gasteiger partial charge in [-0.2, -0.15) is 0 Å². The molecule has 0 radical (unpaired) electrons. The molecule has 1 aromatic carbocycles. The van der Waals surface area contributed by atoms with E-state index in [9.17, 15) is 4.79 Å². The number of benzene rings is 1. The van der Waals surface area contributed by atoms with E-state index in [1.165, 1.54) is 30.4 Å². The molecule has 0 unspecified atom stereocenters. The fourth-order valence-corrected chi connectivity index (χ4v) is 2.25. The zero-order valence-electron chi connectivity index (χ0n) is 9.88. The van der Waals surface area contributed by atoms with Crippen molar-refractivity contribution in [1.82, 2.24) is 5.32 Å². The number of carbonyl (C=O) groups excluding carboxylic acids is 1. The number of rotatable bonds is 4. The number of likely N-dealkylation sites (N-methyl/N-ethyl adjacent to an activating group) is 1. The van der Waals surface area contributed by atoms with Gasteiger partial charge in [0.1, 0.15) is 0 Å². The van der Waals surface area contributed by atoms with Crippen LogP contribution in [-0.2, 0) is 12.8 Å². The lowest BCUT2D eigenvalue weighted by Crippen LogP contribution is -2.22. The summed E-state index contributed by atoms with van der Waals surface area (Å²) >= 11 is 0. The topological polar surface area (TPSA) is 29.1 Å². The maximum absolute atomic E-state index is 11.8. The summed E-state index contributed by atoms with van der Waals surface area (Å²) in [6.07, 6.45) is 4.87. The molecule has 0 saturated heterocycles. The number of hydrogen-bond donors (Lipinski definition) is 1. The van der Waals surface area contributed by atoms with Gasteiger partial charge in [-0.05, 0) is 49.4 Å². The monoisotopic (exact) mass is 217 g/mol. The maximum Gasteiger partial charge on any atom is 0.176 e. The van der Waals surface area contributed by atoms with Crippen molar-refractivity contribution in [3.8, 4) is 0 Å². The predicted molar refractivity (Wildman–Crippen MR) is 66.0 cm³/mol. The first-order valence-electron chi connectivity index (χ1n) is 6.17. The van der Waals surface area contributed by atoms with Crippen molar-refractivity contribution in [3.05, 3.63) is 34.9 Å². The van der Waals surface area contributed by atoms with Gasteiger partial charge < -0.3 is 5.32 Å². The van der Waals surface area contributed by atoms with E-state index in [4.69, 9.17) is 0 Å². The molecule has 1 N–H and O–H groups in total. The molecule has 1 aliphatic rings. The Hall–Kier alpha value is -1.15. The molecule has 1 aromatic rings. The third-order valence-corrected chi connectivity index (χ3v) is 3.21. The van der Waals surface area contributed by atoms with Crippen LogP contribution < -0.4 is 5.32 Å². The van der Waals surface area contributed by atoms with Gasteiger partial charge in [0.05, 0.1) is 6.54 Å². The van der Waals surface area contributed by atoms with Gasteiger partial charge in [-0.3, -0.25) is 4.79 Å². The Labute approximate surface area is 97.1 Å². The second-order valence-electron chi connectivity index (χ2n) is 4.39. The molecule has 86 valence electrons. The molecule has 0 spiro atoms. The van der Waals surface area contributed by atoms with Crippen LogP contribution in [0.3, 0.4) is 0 Å². The minimum Gasteiger partial charge on any atom is -0.310 e. The van der Waals surface area contributed by atoms with Crippen molar-refractivity contribution >= 4 is 5.78 Å². The number of carbonyl (C=O) groups is 1. The molecular formula is C14H19NO. The van der Waals surface area contributed by atoms with Gasteiger partial charge in [0.25, 0.3) is 0 Å². The molecule has 2 nitrogen and oxygen atoms in total. The first-order chi connectivity index (χ1) is 7.81. The van der Waals surface area contributed by atoms with E-state index in [2.05, 4.69) is 17.4 Å². The van der Waals surface area contributed by atoms with Gasteiger partial charge >= 0.3 is 0 Å². The van der Waals surface area contributed by atoms with E-state index in [1.807, 2.05) is 13.0 Å². The lowest BCUT2D eigenvalue weighted by molar-refractivity contribution is 0.0991. The Morgan fingerprint density at radius 2 is 2.00 bits per heavy atom. The third-order valence-electron chi connectivity index (χ3n) is 3.21. The first kappa shape index (κ1) is 11.3. The molecule has 0 aromatic heterocycles. The van der Waals surface area contributed by atoms with Crippen LogP contribution in [0, 0.1) is 0 Å². The van der Waals surface area contributed by atoms with Crippen LogP contribution in [0.5, 0.6) is 0 Å². The van der Waals surface area contributed by atoms with Crippen molar-refractivity contribution in [3.63, 3.8) is 0 Å². The maximum atomic E-state index is 11.8. The van der Waals surface area contributed by atoms with Crippen molar-refractivity contribution in [2.45, 2.75) is 32.6 Å². The zero-order chi connectivity index (χ0) is 11.4. The molecule has 0 heterocycles. The average Bonchev–Trinajstić information content (AvgIpc) is 2.35. The molecule has 16 heavy (non-hydrogen) atoms. The number of fused-ring (bicyclic) bond motifs is 1. The molecule has 0 atom stereocenters. The van der Waals surface area contributed by atoms with Crippen LogP contribution in [0.4, 0.5) is 0 Å². The number of hydrogen-bond acceptors (Lipinski definition) is 2. The number of ketones is 1. The predicted octanol–water partition coefficient (Wildman–Crippen LogP) is 2.36. The summed E-state index contributed by atoms with van der Waals surface area (Å²) in [6.45, 7) is 3.31. The summed E-state index contributed by atoms with van der Waals surface area (Å²) in [5.41, 5.74) is 3.68. The Kier molecular flexibility index (Phi) is 3.73. The van der Waals surface area contributed by atoms with Gasteiger partial charge in [0, 0.05) is 5.56 Å². The zero-order valence-corrected chi connectivity index (χ0v) is 9.88. The molecule has 0 saturated carbocycles. The summed E-state index contributed by atoms with van der Waals surface area (Å²) in [5.74, 6) is 0.204. The van der Waals surface area contributed by atoms with E-state index >= 15 is 0 Å². The minimum absolute atomic E-state index is 0.204. The first-order valence-corrected chi connectivity index (χ1v) is 6.17. The minimum atomic E-state index is 0.204. The second kappa shape index (κ2) is 5.26. The Bertz CT molecular complexity index is 384. The highest BCUT2D eigenvalue weighted by atomic mass is 16.1. The molecule has 0 amide bonds. The van der Waals surface area contributed by atoms with Crippen molar-refractivity contribution in [2.24, 2.45) is 0 Å². The van der Waals surface area contributed by atoms with E-state index in [1.54, 1.807) is 0 Å². The number of Topliss-reactive ketones (excluding diaryl/α,β-unsaturated/α-hetero) is 1. The molecule has 2 heteroatoms. The van der Waals surface area contributed by atoms with E-state index < -0.39 is 0 Å². The van der Waals surface area contributed by atoms with Crippen LogP contribution in [0.2, 0.25) is 0 Å². The SMILES string of the molecule is CCNCC(=O)c1ccc2c(c1)CCCC2. The summed E-state index contributed by atoms with van der Waals surface area (Å²) in [6, 6.07) is 6.20. The molecule has 2 rings (SSSR count). The fraction of sp³-hybridized carbons (Fsp3) is 0.500. The summed E-state index contributed by atoms with van der Waals surface area (Å²) in [7, 11) is 0. The highest BCUT2D eigenvalue weighted by Crippen LogP contribution is 2.22. The average molecular weight is 217 g/mol. The van der Waals surface area contributed by atoms with E-state index in [-0.39, 0.29) is 5.78 Å². The van der Waals surface area contributed by atoms with Crippen molar-refractivity contribution in [1.29, 1.82) is 0 Å². The lowest BCUT2D eigenvalue weighted by Gasteiger charge is -2.16. The Morgan fingerprint density at radius 3 is 2.75 bits per heavy atom. The summed E-state index contributed by atoms with van der Waals surface area (Å²) in [4.78, 5) is 11.8. The van der Waals surface area contributed by atoms with Gasteiger partial charge in [0.2, 0.25) is 0 Å². The van der Waals surface area contributed by atoms with Crippen LogP contribution >= 0.6 is 0 Å². The molecule has 0 bridgehead atoms. The largest absolute Gasteiger partial charge is 0.310 e.